The Morgan fingerprint density at radius 1 is 0.897 bits per heavy atom. The third kappa shape index (κ3) is 5.44. The van der Waals surface area contributed by atoms with Crippen molar-refractivity contribution in [1.29, 1.82) is 0 Å². The fourth-order valence-corrected chi connectivity index (χ4v) is 2.80. The molecule has 0 aliphatic carbocycles. The summed E-state index contributed by atoms with van der Waals surface area (Å²) in [4.78, 5) is 21.3. The van der Waals surface area contributed by atoms with Crippen LogP contribution < -0.4 is 20.1 Å². The van der Waals surface area contributed by atoms with Crippen molar-refractivity contribution in [2.75, 3.05) is 19.5 Å². The lowest BCUT2D eigenvalue weighted by Gasteiger charge is -2.11. The number of methoxy groups -OCH3 is 2. The van der Waals surface area contributed by atoms with Gasteiger partial charge in [-0.05, 0) is 36.2 Å². The van der Waals surface area contributed by atoms with Gasteiger partial charge in [0.05, 0.1) is 14.2 Å². The highest BCUT2D eigenvalue weighted by Gasteiger charge is 2.11. The van der Waals surface area contributed by atoms with Crippen LogP contribution in [0, 0.1) is 6.92 Å². The zero-order valence-corrected chi connectivity index (χ0v) is 16.7. The van der Waals surface area contributed by atoms with Gasteiger partial charge in [-0.1, -0.05) is 36.4 Å². The number of aromatic nitrogens is 2. The molecule has 0 saturated carbocycles. The molecule has 0 unspecified atom stereocenters. The standard InChI is InChI=1S/C22H24N4O3/c1-15-11-18(26-22(25-15)24-13-16-7-5-4-6-8-16)21(27)23-14-17-9-10-19(28-2)20(12-17)29-3/h4-12H,13-14H2,1-3H3,(H,23,27)(H,24,25,26). The number of nitrogens with one attached hydrogen (secondary N) is 2. The van der Waals surface area contributed by atoms with Gasteiger partial charge in [-0.15, -0.1) is 0 Å². The van der Waals surface area contributed by atoms with E-state index in [9.17, 15) is 4.79 Å². The molecule has 0 radical (unpaired) electrons. The van der Waals surface area contributed by atoms with Crippen LogP contribution in [0.3, 0.4) is 0 Å². The number of carbonyl (C=O) groups is 1. The minimum atomic E-state index is -0.270. The number of amides is 1. The van der Waals surface area contributed by atoms with Crippen molar-refractivity contribution >= 4 is 11.9 Å². The summed E-state index contributed by atoms with van der Waals surface area (Å²) < 4.78 is 10.5. The van der Waals surface area contributed by atoms with Gasteiger partial charge in [0.2, 0.25) is 5.95 Å². The normalized spacial score (nSPS) is 10.3. The van der Waals surface area contributed by atoms with Crippen molar-refractivity contribution in [3.8, 4) is 11.5 Å². The Morgan fingerprint density at radius 3 is 2.38 bits per heavy atom. The lowest BCUT2D eigenvalue weighted by molar-refractivity contribution is 0.0945. The maximum Gasteiger partial charge on any atom is 0.270 e. The molecule has 150 valence electrons. The summed E-state index contributed by atoms with van der Waals surface area (Å²) >= 11 is 0. The van der Waals surface area contributed by atoms with Crippen LogP contribution in [0.1, 0.15) is 27.3 Å². The first-order valence-electron chi connectivity index (χ1n) is 9.21. The van der Waals surface area contributed by atoms with E-state index in [0.29, 0.717) is 41.9 Å². The zero-order chi connectivity index (χ0) is 20.6. The molecule has 0 atom stereocenters. The summed E-state index contributed by atoms with van der Waals surface area (Å²) in [7, 11) is 3.16. The molecule has 3 rings (SSSR count). The monoisotopic (exact) mass is 392 g/mol. The molecule has 0 fully saturated rings. The van der Waals surface area contributed by atoms with Gasteiger partial charge in [-0.25, -0.2) is 9.97 Å². The smallest absolute Gasteiger partial charge is 0.270 e. The van der Waals surface area contributed by atoms with Crippen LogP contribution in [-0.4, -0.2) is 30.1 Å². The largest absolute Gasteiger partial charge is 0.493 e. The number of hydrogen-bond acceptors (Lipinski definition) is 6. The lowest BCUT2D eigenvalue weighted by atomic mass is 10.2. The number of carbonyl (C=O) groups excluding carboxylic acids is 1. The molecular weight excluding hydrogens is 368 g/mol. The van der Waals surface area contributed by atoms with Gasteiger partial charge >= 0.3 is 0 Å². The minimum Gasteiger partial charge on any atom is -0.493 e. The van der Waals surface area contributed by atoms with Crippen LogP contribution in [0.4, 0.5) is 5.95 Å². The molecule has 1 heterocycles. The van der Waals surface area contributed by atoms with E-state index in [1.165, 1.54) is 0 Å². The van der Waals surface area contributed by atoms with E-state index >= 15 is 0 Å². The molecule has 0 spiro atoms. The third-order valence-corrected chi connectivity index (χ3v) is 4.28. The summed E-state index contributed by atoms with van der Waals surface area (Å²) in [5.74, 6) is 1.41. The van der Waals surface area contributed by atoms with Crippen LogP contribution in [0.5, 0.6) is 11.5 Å². The summed E-state index contributed by atoms with van der Waals surface area (Å²) in [5.41, 5.74) is 3.03. The topological polar surface area (TPSA) is 85.4 Å². The Balaban J connectivity index is 1.65. The number of ether oxygens (including phenoxy) is 2. The molecule has 1 amide bonds. The van der Waals surface area contributed by atoms with Gasteiger partial charge in [0.15, 0.2) is 11.5 Å². The van der Waals surface area contributed by atoms with E-state index in [-0.39, 0.29) is 5.91 Å². The zero-order valence-electron chi connectivity index (χ0n) is 16.7. The van der Waals surface area contributed by atoms with Crippen molar-refractivity contribution in [1.82, 2.24) is 15.3 Å². The Kier molecular flexibility index (Phi) is 6.63. The van der Waals surface area contributed by atoms with E-state index in [2.05, 4.69) is 20.6 Å². The molecule has 3 aromatic rings. The Morgan fingerprint density at radius 2 is 1.66 bits per heavy atom. The second kappa shape index (κ2) is 9.54. The molecular formula is C22H24N4O3. The SMILES string of the molecule is COc1ccc(CNC(=O)c2cc(C)nc(NCc3ccccc3)n2)cc1OC. The van der Waals surface area contributed by atoms with E-state index in [4.69, 9.17) is 9.47 Å². The second-order valence-electron chi connectivity index (χ2n) is 6.43. The summed E-state index contributed by atoms with van der Waals surface area (Å²) in [6.45, 7) is 2.76. The number of nitrogens with zero attached hydrogens (tertiary/aromatic N) is 2. The fraction of sp³-hybridized carbons (Fsp3) is 0.227. The van der Waals surface area contributed by atoms with E-state index in [0.717, 1.165) is 11.1 Å². The summed E-state index contributed by atoms with van der Waals surface area (Å²) in [6.07, 6.45) is 0. The van der Waals surface area contributed by atoms with Gasteiger partial charge in [0.1, 0.15) is 5.69 Å². The average Bonchev–Trinajstić information content (AvgIpc) is 2.76. The highest BCUT2D eigenvalue weighted by atomic mass is 16.5. The first-order valence-corrected chi connectivity index (χ1v) is 9.21. The third-order valence-electron chi connectivity index (χ3n) is 4.28. The predicted molar refractivity (Wildman–Crippen MR) is 111 cm³/mol. The van der Waals surface area contributed by atoms with Gasteiger partial charge in [0.25, 0.3) is 5.91 Å². The average molecular weight is 392 g/mol. The molecule has 2 N–H and O–H groups in total. The van der Waals surface area contributed by atoms with Gasteiger partial charge in [-0.2, -0.15) is 0 Å². The van der Waals surface area contributed by atoms with Crippen LogP contribution in [0.2, 0.25) is 0 Å². The Hall–Kier alpha value is -3.61. The van der Waals surface area contributed by atoms with E-state index in [1.54, 1.807) is 26.4 Å². The molecule has 29 heavy (non-hydrogen) atoms. The second-order valence-corrected chi connectivity index (χ2v) is 6.43. The predicted octanol–water partition coefficient (Wildman–Crippen LogP) is 3.34. The Bertz CT molecular complexity index is 977. The fourth-order valence-electron chi connectivity index (χ4n) is 2.80. The van der Waals surface area contributed by atoms with Crippen LogP contribution >= 0.6 is 0 Å². The summed E-state index contributed by atoms with van der Waals surface area (Å²) in [5, 5.41) is 6.04. The highest BCUT2D eigenvalue weighted by Crippen LogP contribution is 2.27. The van der Waals surface area contributed by atoms with Gasteiger partial charge < -0.3 is 20.1 Å². The first-order chi connectivity index (χ1) is 14.1. The van der Waals surface area contributed by atoms with Gasteiger partial charge in [-0.3, -0.25) is 4.79 Å². The van der Waals surface area contributed by atoms with E-state index < -0.39 is 0 Å². The highest BCUT2D eigenvalue weighted by molar-refractivity contribution is 5.92. The maximum atomic E-state index is 12.6. The molecule has 2 aromatic carbocycles. The van der Waals surface area contributed by atoms with Gasteiger partial charge in [0, 0.05) is 18.8 Å². The Labute approximate surface area is 170 Å². The molecule has 0 bridgehead atoms. The molecule has 0 aliphatic heterocycles. The van der Waals surface area contributed by atoms with E-state index in [1.807, 2.05) is 49.4 Å². The van der Waals surface area contributed by atoms with Crippen LogP contribution in [-0.2, 0) is 13.1 Å². The quantitative estimate of drug-likeness (QED) is 0.612. The maximum absolute atomic E-state index is 12.6. The van der Waals surface area contributed by atoms with Crippen LogP contribution in [0.15, 0.2) is 54.6 Å². The molecule has 0 aliphatic rings. The number of benzene rings is 2. The van der Waals surface area contributed by atoms with Crippen molar-refractivity contribution in [2.45, 2.75) is 20.0 Å². The molecule has 1 aromatic heterocycles. The summed E-state index contributed by atoms with van der Waals surface area (Å²) in [6, 6.07) is 17.1. The lowest BCUT2D eigenvalue weighted by Crippen LogP contribution is -2.24. The molecule has 7 nitrogen and oxygen atoms in total. The van der Waals surface area contributed by atoms with Crippen molar-refractivity contribution in [3.05, 3.63) is 77.1 Å². The molecule has 7 heteroatoms. The minimum absolute atomic E-state index is 0.270. The first kappa shape index (κ1) is 20.1. The number of rotatable bonds is 8. The van der Waals surface area contributed by atoms with Crippen molar-refractivity contribution in [2.24, 2.45) is 0 Å². The molecule has 0 saturated heterocycles. The number of hydrogen-bond donors (Lipinski definition) is 2. The van der Waals surface area contributed by atoms with Crippen LogP contribution in [0.25, 0.3) is 0 Å². The van der Waals surface area contributed by atoms with Crippen molar-refractivity contribution < 1.29 is 14.3 Å². The number of aryl methyl sites for hydroxylation is 1. The van der Waals surface area contributed by atoms with Crippen molar-refractivity contribution in [3.63, 3.8) is 0 Å². The number of anilines is 1.